The van der Waals surface area contributed by atoms with E-state index in [0.717, 1.165) is 12.8 Å². The minimum absolute atomic E-state index is 0.0680. The lowest BCUT2D eigenvalue weighted by Gasteiger charge is -2.35. The number of nitrogens with one attached hydrogen (secondary N) is 1. The van der Waals surface area contributed by atoms with Gasteiger partial charge in [-0.2, -0.15) is 4.31 Å². The van der Waals surface area contributed by atoms with Gasteiger partial charge in [0.1, 0.15) is 4.90 Å². The summed E-state index contributed by atoms with van der Waals surface area (Å²) in [6, 6.07) is 7.23. The number of rotatable bonds is 4. The first-order valence-electron chi connectivity index (χ1n) is 7.31. The van der Waals surface area contributed by atoms with Crippen LogP contribution in [-0.4, -0.2) is 31.9 Å². The van der Waals surface area contributed by atoms with Crippen molar-refractivity contribution in [2.75, 3.05) is 18.4 Å². The van der Waals surface area contributed by atoms with Crippen molar-refractivity contribution >= 4 is 15.7 Å². The molecule has 4 nitrogen and oxygen atoms in total. The first kappa shape index (κ1) is 15.3. The van der Waals surface area contributed by atoms with Gasteiger partial charge in [-0.15, -0.1) is 0 Å². The molecule has 2 unspecified atom stereocenters. The highest BCUT2D eigenvalue weighted by molar-refractivity contribution is 7.89. The van der Waals surface area contributed by atoms with Crippen molar-refractivity contribution in [3.05, 3.63) is 24.3 Å². The zero-order chi connectivity index (χ0) is 14.8. The summed E-state index contributed by atoms with van der Waals surface area (Å²) in [6.07, 6.45) is 1.87. The first-order chi connectivity index (χ1) is 9.46. The molecule has 112 valence electrons. The molecule has 2 atom stereocenters. The quantitative estimate of drug-likeness (QED) is 0.929. The fraction of sp³-hybridized carbons (Fsp3) is 0.600. The van der Waals surface area contributed by atoms with Gasteiger partial charge in [0.05, 0.1) is 5.69 Å². The maximum atomic E-state index is 12.9. The molecule has 5 heteroatoms. The lowest BCUT2D eigenvalue weighted by molar-refractivity contribution is 0.220. The van der Waals surface area contributed by atoms with Crippen molar-refractivity contribution < 1.29 is 8.42 Å². The molecule has 20 heavy (non-hydrogen) atoms. The van der Waals surface area contributed by atoms with E-state index >= 15 is 0 Å². The van der Waals surface area contributed by atoms with Gasteiger partial charge in [-0.25, -0.2) is 8.42 Å². The van der Waals surface area contributed by atoms with E-state index in [2.05, 4.69) is 12.2 Å². The van der Waals surface area contributed by atoms with E-state index in [1.54, 1.807) is 16.4 Å². The molecule has 1 aromatic rings. The van der Waals surface area contributed by atoms with Crippen LogP contribution >= 0.6 is 0 Å². The third kappa shape index (κ3) is 2.99. The largest absolute Gasteiger partial charge is 0.384 e. The van der Waals surface area contributed by atoms with E-state index in [9.17, 15) is 8.42 Å². The number of piperidine rings is 1. The molecule has 0 radical (unpaired) electrons. The Kier molecular flexibility index (Phi) is 4.70. The number of hydrogen-bond donors (Lipinski definition) is 1. The van der Waals surface area contributed by atoms with Gasteiger partial charge in [0.2, 0.25) is 10.0 Å². The maximum Gasteiger partial charge on any atom is 0.245 e. The van der Waals surface area contributed by atoms with Crippen LogP contribution in [0.1, 0.15) is 33.6 Å². The average molecular weight is 296 g/mol. The maximum absolute atomic E-state index is 12.9. The van der Waals surface area contributed by atoms with Gasteiger partial charge in [0.15, 0.2) is 0 Å². The minimum atomic E-state index is -3.42. The Bertz CT molecular complexity index is 557. The molecule has 1 fully saturated rings. The molecular weight excluding hydrogens is 272 g/mol. The van der Waals surface area contributed by atoms with Crippen LogP contribution in [0.5, 0.6) is 0 Å². The number of sulfonamides is 1. The monoisotopic (exact) mass is 296 g/mol. The van der Waals surface area contributed by atoms with E-state index in [0.29, 0.717) is 29.6 Å². The second-order valence-electron chi connectivity index (χ2n) is 5.62. The third-order valence-corrected chi connectivity index (χ3v) is 5.99. The van der Waals surface area contributed by atoms with Crippen molar-refractivity contribution in [2.45, 2.75) is 44.6 Å². The summed E-state index contributed by atoms with van der Waals surface area (Å²) in [5.41, 5.74) is 0.695. The Morgan fingerprint density at radius 3 is 2.65 bits per heavy atom. The first-order valence-corrected chi connectivity index (χ1v) is 8.75. The number of para-hydroxylation sites is 1. The molecule has 0 saturated carbocycles. The van der Waals surface area contributed by atoms with Gasteiger partial charge in [-0.1, -0.05) is 19.1 Å². The van der Waals surface area contributed by atoms with Crippen LogP contribution in [0.4, 0.5) is 5.69 Å². The molecule has 0 amide bonds. The number of anilines is 1. The molecule has 1 aliphatic rings. The summed E-state index contributed by atoms with van der Waals surface area (Å²) in [4.78, 5) is 0.392. The van der Waals surface area contributed by atoms with Crippen LogP contribution in [0, 0.1) is 5.92 Å². The molecular formula is C15H24N2O2S. The molecule has 1 N–H and O–H groups in total. The van der Waals surface area contributed by atoms with E-state index < -0.39 is 10.0 Å². The van der Waals surface area contributed by atoms with Crippen LogP contribution in [0.15, 0.2) is 29.2 Å². The minimum Gasteiger partial charge on any atom is -0.384 e. The van der Waals surface area contributed by atoms with Crippen LogP contribution in [-0.2, 0) is 10.0 Å². The predicted octanol–water partition coefficient (Wildman–Crippen LogP) is 2.93. The summed E-state index contributed by atoms with van der Waals surface area (Å²) < 4.78 is 27.4. The molecule has 1 heterocycles. The highest BCUT2D eigenvalue weighted by Crippen LogP contribution is 2.31. The summed E-state index contributed by atoms with van der Waals surface area (Å²) in [7, 11) is -3.42. The van der Waals surface area contributed by atoms with Crippen LogP contribution < -0.4 is 5.32 Å². The van der Waals surface area contributed by atoms with Crippen LogP contribution in [0.25, 0.3) is 0 Å². The summed E-state index contributed by atoms with van der Waals surface area (Å²) in [5, 5.41) is 3.14. The summed E-state index contributed by atoms with van der Waals surface area (Å²) in [6.45, 7) is 7.48. The molecule has 1 aromatic carbocycles. The van der Waals surface area contributed by atoms with Crippen molar-refractivity contribution in [1.82, 2.24) is 4.31 Å². The van der Waals surface area contributed by atoms with E-state index in [1.165, 1.54) is 0 Å². The molecule has 2 rings (SSSR count). The molecule has 0 aromatic heterocycles. The molecule has 0 spiro atoms. The fourth-order valence-corrected chi connectivity index (χ4v) is 4.72. The summed E-state index contributed by atoms with van der Waals surface area (Å²) >= 11 is 0. The van der Waals surface area contributed by atoms with Crippen molar-refractivity contribution in [3.8, 4) is 0 Å². The van der Waals surface area contributed by atoms with E-state index in [1.807, 2.05) is 26.0 Å². The Labute approximate surface area is 122 Å². The Morgan fingerprint density at radius 2 is 2.00 bits per heavy atom. The number of benzene rings is 1. The Balaban J connectivity index is 2.35. The normalized spacial score (nSPS) is 24.6. The Hall–Kier alpha value is -1.07. The highest BCUT2D eigenvalue weighted by Gasteiger charge is 2.34. The predicted molar refractivity (Wildman–Crippen MR) is 82.4 cm³/mol. The number of hydrogen-bond acceptors (Lipinski definition) is 3. The smallest absolute Gasteiger partial charge is 0.245 e. The van der Waals surface area contributed by atoms with Gasteiger partial charge >= 0.3 is 0 Å². The van der Waals surface area contributed by atoms with Gasteiger partial charge in [-0.05, 0) is 44.7 Å². The van der Waals surface area contributed by atoms with Crippen molar-refractivity contribution in [2.24, 2.45) is 5.92 Å². The molecule has 1 aliphatic heterocycles. The SMILES string of the molecule is CCNc1ccccc1S(=O)(=O)N1CCC(C)CC1C. The van der Waals surface area contributed by atoms with Crippen molar-refractivity contribution in [1.29, 1.82) is 0 Å². The third-order valence-electron chi connectivity index (χ3n) is 3.92. The second kappa shape index (κ2) is 6.14. The van der Waals surface area contributed by atoms with Gasteiger partial charge < -0.3 is 5.32 Å². The van der Waals surface area contributed by atoms with Crippen LogP contribution in [0.3, 0.4) is 0 Å². The van der Waals surface area contributed by atoms with Crippen LogP contribution in [0.2, 0.25) is 0 Å². The Morgan fingerprint density at radius 1 is 1.30 bits per heavy atom. The molecule has 0 bridgehead atoms. The summed E-state index contributed by atoms with van der Waals surface area (Å²) in [5.74, 6) is 0.598. The molecule has 1 saturated heterocycles. The van der Waals surface area contributed by atoms with Gasteiger partial charge in [-0.3, -0.25) is 0 Å². The zero-order valence-electron chi connectivity index (χ0n) is 12.5. The van der Waals surface area contributed by atoms with E-state index in [4.69, 9.17) is 0 Å². The average Bonchev–Trinajstić information content (AvgIpc) is 2.39. The lowest BCUT2D eigenvalue weighted by atomic mass is 9.95. The van der Waals surface area contributed by atoms with Gasteiger partial charge in [0.25, 0.3) is 0 Å². The lowest BCUT2D eigenvalue weighted by Crippen LogP contribution is -2.44. The van der Waals surface area contributed by atoms with Crippen molar-refractivity contribution in [3.63, 3.8) is 0 Å². The standard InChI is InChI=1S/C15H24N2O2S/c1-4-16-14-7-5-6-8-15(14)20(18,19)17-10-9-12(2)11-13(17)3/h5-8,12-13,16H,4,9-11H2,1-3H3. The van der Waals surface area contributed by atoms with E-state index in [-0.39, 0.29) is 6.04 Å². The number of nitrogens with zero attached hydrogens (tertiary/aromatic N) is 1. The second-order valence-corrected chi connectivity index (χ2v) is 7.48. The zero-order valence-corrected chi connectivity index (χ0v) is 13.3. The fourth-order valence-electron chi connectivity index (χ4n) is 2.90. The topological polar surface area (TPSA) is 49.4 Å². The van der Waals surface area contributed by atoms with Gasteiger partial charge in [0, 0.05) is 19.1 Å². The molecule has 0 aliphatic carbocycles. The highest BCUT2D eigenvalue weighted by atomic mass is 32.2.